The van der Waals surface area contributed by atoms with Crippen LogP contribution in [0.15, 0.2) is 68.0 Å². The Kier molecular flexibility index (Phi) is 7.41. The van der Waals surface area contributed by atoms with Crippen LogP contribution in [0.4, 0.5) is 0 Å². The molecule has 0 saturated heterocycles. The number of rotatable bonds is 6. The minimum absolute atomic E-state index is 0.00809. The predicted molar refractivity (Wildman–Crippen MR) is 179 cm³/mol. The lowest BCUT2D eigenvalue weighted by Crippen LogP contribution is -2.54. The maximum absolute atomic E-state index is 14.2. The van der Waals surface area contributed by atoms with Gasteiger partial charge in [-0.3, -0.25) is 14.4 Å². The summed E-state index contributed by atoms with van der Waals surface area (Å²) in [6.45, 7) is 5.18. The molecule has 13 nitrogen and oxygen atoms in total. The van der Waals surface area contributed by atoms with E-state index in [0.717, 1.165) is 15.7 Å². The molecule has 0 radical (unpaired) electrons. The number of ether oxygens (including phenoxy) is 2. The molecule has 254 valence electrons. The Morgan fingerprint density at radius 3 is 2.41 bits per heavy atom. The third-order valence-electron chi connectivity index (χ3n) is 10.8. The number of hydrogen-bond acceptors (Lipinski definition) is 9. The van der Waals surface area contributed by atoms with Crippen LogP contribution in [0, 0.1) is 18.3 Å². The molecule has 3 aliphatic rings. The van der Waals surface area contributed by atoms with Crippen molar-refractivity contribution in [1.82, 2.24) is 23.5 Å². The van der Waals surface area contributed by atoms with Crippen molar-refractivity contribution in [2.75, 3.05) is 14.2 Å². The van der Waals surface area contributed by atoms with E-state index in [1.165, 1.54) is 34.2 Å². The molecule has 1 aliphatic heterocycles. The fraction of sp³-hybridized carbons (Fsp3) is 0.389. The number of aromatic hydroxyl groups is 1. The lowest BCUT2D eigenvalue weighted by atomic mass is 9.51. The summed E-state index contributed by atoms with van der Waals surface area (Å²) >= 11 is 0. The maximum Gasteiger partial charge on any atom is 0.347 e. The second-order valence-electron chi connectivity index (χ2n) is 13.3. The van der Waals surface area contributed by atoms with E-state index in [2.05, 4.69) is 4.98 Å². The molecule has 4 atom stereocenters. The average molecular weight is 668 g/mol. The van der Waals surface area contributed by atoms with E-state index in [9.17, 15) is 29.1 Å². The first-order chi connectivity index (χ1) is 23.3. The highest BCUT2D eigenvalue weighted by Gasteiger charge is 2.59. The number of aryl methyl sites for hydroxylation is 3. The number of ketones is 2. The van der Waals surface area contributed by atoms with Crippen molar-refractivity contribution in [2.45, 2.75) is 58.7 Å². The summed E-state index contributed by atoms with van der Waals surface area (Å²) in [7, 11) is 4.62. The second kappa shape index (κ2) is 11.3. The summed E-state index contributed by atoms with van der Waals surface area (Å²) in [4.78, 5) is 73.4. The highest BCUT2D eigenvalue weighted by atomic mass is 16.5. The number of fused-ring (bicyclic) bond motifs is 5. The molecular formula is C36H37N5O8. The molecule has 2 aliphatic carbocycles. The molecule has 2 aromatic carbocycles. The van der Waals surface area contributed by atoms with Crippen LogP contribution in [0.5, 0.6) is 17.2 Å². The Balaban J connectivity index is 1.30. The van der Waals surface area contributed by atoms with Gasteiger partial charge >= 0.3 is 11.4 Å². The van der Waals surface area contributed by atoms with Gasteiger partial charge in [-0.15, -0.1) is 0 Å². The normalized spacial score (nSPS) is 23.0. The molecule has 49 heavy (non-hydrogen) atoms. The van der Waals surface area contributed by atoms with Crippen LogP contribution in [0.3, 0.4) is 0 Å². The molecular weight excluding hydrogens is 630 g/mol. The van der Waals surface area contributed by atoms with Gasteiger partial charge < -0.3 is 19.1 Å². The maximum atomic E-state index is 14.2. The second-order valence-corrected chi connectivity index (χ2v) is 13.3. The van der Waals surface area contributed by atoms with Crippen molar-refractivity contribution in [3.05, 3.63) is 102 Å². The van der Waals surface area contributed by atoms with Crippen LogP contribution in [0.2, 0.25) is 0 Å². The molecule has 1 fully saturated rings. The molecule has 13 heteroatoms. The monoisotopic (exact) mass is 667 g/mol. The van der Waals surface area contributed by atoms with E-state index in [-0.39, 0.29) is 54.5 Å². The number of hydrogen-bond donors (Lipinski definition) is 1. The third-order valence-corrected chi connectivity index (χ3v) is 10.8. The van der Waals surface area contributed by atoms with Gasteiger partial charge in [0.25, 0.3) is 5.56 Å². The number of nitrogens with zero attached hydrogens (tertiary/aromatic N) is 5. The molecule has 2 aromatic heterocycles. The van der Waals surface area contributed by atoms with Crippen molar-refractivity contribution in [2.24, 2.45) is 18.4 Å². The zero-order valence-electron chi connectivity index (χ0n) is 28.1. The van der Waals surface area contributed by atoms with Crippen LogP contribution in [0.1, 0.15) is 49.0 Å². The first kappa shape index (κ1) is 32.1. The van der Waals surface area contributed by atoms with E-state index in [4.69, 9.17) is 9.47 Å². The summed E-state index contributed by atoms with van der Waals surface area (Å²) in [6.07, 6.45) is 3.47. The van der Waals surface area contributed by atoms with E-state index in [0.29, 0.717) is 33.7 Å². The van der Waals surface area contributed by atoms with Crippen molar-refractivity contribution in [3.8, 4) is 17.2 Å². The largest absolute Gasteiger partial charge is 0.508 e. The number of carbonyl (C=O) groups excluding carboxylic acids is 2. The van der Waals surface area contributed by atoms with Crippen molar-refractivity contribution in [3.63, 3.8) is 0 Å². The Bertz CT molecular complexity index is 2360. The minimum atomic E-state index is -1.13. The number of carbonyl (C=O) groups is 2. The van der Waals surface area contributed by atoms with Gasteiger partial charge in [-0.2, -0.15) is 0 Å². The molecule has 4 aromatic rings. The van der Waals surface area contributed by atoms with Gasteiger partial charge in [0.15, 0.2) is 23.1 Å². The number of benzene rings is 2. The molecule has 0 bridgehead atoms. The summed E-state index contributed by atoms with van der Waals surface area (Å²) in [6, 6.07) is 7.79. The van der Waals surface area contributed by atoms with Crippen molar-refractivity contribution < 1.29 is 24.2 Å². The highest BCUT2D eigenvalue weighted by Crippen LogP contribution is 2.59. The number of Topliss-reactive ketones (excluding diaryl/α,β-unsaturated/α-hetero) is 1. The van der Waals surface area contributed by atoms with Gasteiger partial charge in [-0.05, 0) is 54.7 Å². The molecule has 1 N–H and O–H groups in total. The van der Waals surface area contributed by atoms with Gasteiger partial charge in [0.2, 0.25) is 0 Å². The summed E-state index contributed by atoms with van der Waals surface area (Å²) in [5.74, 6) is -0.673. The van der Waals surface area contributed by atoms with Gasteiger partial charge in [0, 0.05) is 44.0 Å². The smallest absolute Gasteiger partial charge is 0.347 e. The van der Waals surface area contributed by atoms with Crippen LogP contribution < -0.4 is 26.4 Å². The van der Waals surface area contributed by atoms with Crippen LogP contribution in [-0.4, -0.2) is 54.4 Å². The molecule has 0 amide bonds. The fourth-order valence-corrected chi connectivity index (χ4v) is 8.11. The van der Waals surface area contributed by atoms with Gasteiger partial charge in [0.05, 0.1) is 43.3 Å². The van der Waals surface area contributed by atoms with Crippen LogP contribution in [-0.2, 0) is 36.1 Å². The van der Waals surface area contributed by atoms with Crippen molar-refractivity contribution in [1.29, 1.82) is 0 Å². The van der Waals surface area contributed by atoms with E-state index in [1.807, 2.05) is 19.1 Å². The Morgan fingerprint density at radius 1 is 1.00 bits per heavy atom. The first-order valence-electron chi connectivity index (χ1n) is 16.1. The summed E-state index contributed by atoms with van der Waals surface area (Å²) < 4.78 is 16.1. The average Bonchev–Trinajstić information content (AvgIpc) is 3.33. The molecule has 0 spiro atoms. The Morgan fingerprint density at radius 2 is 1.71 bits per heavy atom. The SMILES string of the molecule is COc1cc2nc(CCn3c(=O)n4n(c3=O)C3CC5C(=O)C(C)=CC(=O)C5(C)C(c5ccc(O)c(C)c5)C3=CC4)c(=O)n(C)c2cc1OC. The number of methoxy groups -OCH3 is 2. The van der Waals surface area contributed by atoms with Crippen molar-refractivity contribution >= 4 is 22.6 Å². The van der Waals surface area contributed by atoms with E-state index in [1.54, 1.807) is 45.2 Å². The topological polar surface area (TPSA) is 157 Å². The fourth-order valence-electron chi connectivity index (χ4n) is 8.11. The number of aromatic nitrogens is 5. The number of allylic oxidation sites excluding steroid dienone is 4. The Hall–Kier alpha value is -5.46. The quantitative estimate of drug-likeness (QED) is 0.306. The van der Waals surface area contributed by atoms with E-state index < -0.39 is 34.7 Å². The predicted octanol–water partition coefficient (Wildman–Crippen LogP) is 2.72. The molecule has 7 rings (SSSR count). The third kappa shape index (κ3) is 4.58. The number of phenols is 1. The van der Waals surface area contributed by atoms with Gasteiger partial charge in [-0.1, -0.05) is 25.1 Å². The number of phenolic OH excluding ortho intramolecular Hbond substituents is 1. The zero-order chi connectivity index (χ0) is 35.1. The minimum Gasteiger partial charge on any atom is -0.508 e. The van der Waals surface area contributed by atoms with Gasteiger partial charge in [-0.25, -0.2) is 28.5 Å². The standard InChI is InChI=1S/C36H37N5O8/c1-18-13-20(7-8-27(18)42)31-21-9-12-40-34(46)39(35(47)41(40)25(21)15-22-32(44)19(2)14-30(43)36(22,31)3)11-10-23-33(45)38(4)26-17-29(49-6)28(48-5)16-24(26)37-23/h7-9,13-14,16-17,22,25,31,42H,10-12,15H2,1-6H3. The van der Waals surface area contributed by atoms with Gasteiger partial charge in [0.1, 0.15) is 11.4 Å². The van der Waals surface area contributed by atoms with E-state index >= 15 is 0 Å². The summed E-state index contributed by atoms with van der Waals surface area (Å²) in [5, 5.41) is 10.3. The first-order valence-corrected chi connectivity index (χ1v) is 16.1. The molecule has 1 saturated carbocycles. The molecule has 3 heterocycles. The lowest BCUT2D eigenvalue weighted by Gasteiger charge is -2.52. The van der Waals surface area contributed by atoms with Crippen LogP contribution in [0.25, 0.3) is 11.0 Å². The summed E-state index contributed by atoms with van der Waals surface area (Å²) in [5.41, 5.74) is 1.05. The lowest BCUT2D eigenvalue weighted by molar-refractivity contribution is -0.139. The Labute approximate surface area is 280 Å². The molecule has 4 unspecified atom stereocenters. The zero-order valence-corrected chi connectivity index (χ0v) is 28.1. The van der Waals surface area contributed by atoms with Crippen LogP contribution >= 0.6 is 0 Å². The highest BCUT2D eigenvalue weighted by molar-refractivity contribution is 6.13.